The SMILES string of the molecule is CC1(C)c2nc(Cl)ccc2C(=O)N1c1cncc(CO)c1. The standard InChI is InChI=1S/C15H14ClN3O2/c1-15(2)13-11(3-4-12(16)18-13)14(21)19(15)10-5-9(8-20)6-17-7-10/h3-7,20H,8H2,1-2H3. The summed E-state index contributed by atoms with van der Waals surface area (Å²) in [5.74, 6) is -0.143. The lowest BCUT2D eigenvalue weighted by Gasteiger charge is -2.31. The van der Waals surface area contributed by atoms with E-state index in [2.05, 4.69) is 9.97 Å². The Hall–Kier alpha value is -1.98. The second-order valence-electron chi connectivity index (χ2n) is 5.44. The highest BCUT2D eigenvalue weighted by atomic mass is 35.5. The Balaban J connectivity index is 2.15. The summed E-state index contributed by atoms with van der Waals surface area (Å²) in [5.41, 5.74) is 1.84. The van der Waals surface area contributed by atoms with Gasteiger partial charge in [0.25, 0.3) is 5.91 Å². The fourth-order valence-electron chi connectivity index (χ4n) is 2.68. The Kier molecular flexibility index (Phi) is 3.19. The molecule has 0 fully saturated rings. The molecule has 0 unspecified atom stereocenters. The lowest BCUT2D eigenvalue weighted by molar-refractivity contribution is 0.0982. The maximum absolute atomic E-state index is 12.7. The van der Waals surface area contributed by atoms with Gasteiger partial charge in [0.1, 0.15) is 5.15 Å². The van der Waals surface area contributed by atoms with Crippen molar-refractivity contribution in [2.75, 3.05) is 4.90 Å². The monoisotopic (exact) mass is 303 g/mol. The number of carbonyl (C=O) groups excluding carboxylic acids is 1. The van der Waals surface area contributed by atoms with Crippen LogP contribution < -0.4 is 4.90 Å². The Morgan fingerprint density at radius 2 is 2.10 bits per heavy atom. The lowest BCUT2D eigenvalue weighted by Crippen LogP contribution is -2.39. The summed E-state index contributed by atoms with van der Waals surface area (Å²) >= 11 is 5.95. The molecule has 2 aromatic rings. The van der Waals surface area contributed by atoms with Crippen molar-refractivity contribution in [2.45, 2.75) is 26.0 Å². The third-order valence-corrected chi connectivity index (χ3v) is 3.87. The third kappa shape index (κ3) is 2.09. The number of fused-ring (bicyclic) bond motifs is 1. The van der Waals surface area contributed by atoms with Gasteiger partial charge in [-0.25, -0.2) is 4.98 Å². The molecule has 2 aromatic heterocycles. The number of aromatic nitrogens is 2. The second kappa shape index (κ2) is 4.79. The van der Waals surface area contributed by atoms with Gasteiger partial charge in [-0.1, -0.05) is 11.6 Å². The smallest absolute Gasteiger partial charge is 0.261 e. The predicted octanol–water partition coefficient (Wildman–Crippen LogP) is 2.52. The second-order valence-corrected chi connectivity index (χ2v) is 5.83. The number of hydrogen-bond donors (Lipinski definition) is 1. The number of aliphatic hydroxyl groups excluding tert-OH is 1. The minimum Gasteiger partial charge on any atom is -0.392 e. The molecule has 3 heterocycles. The van der Waals surface area contributed by atoms with E-state index in [1.165, 1.54) is 0 Å². The van der Waals surface area contributed by atoms with E-state index in [0.29, 0.717) is 27.7 Å². The summed E-state index contributed by atoms with van der Waals surface area (Å²) in [5, 5.41) is 9.60. The molecule has 0 spiro atoms. The van der Waals surface area contributed by atoms with Crippen molar-refractivity contribution < 1.29 is 9.90 Å². The topological polar surface area (TPSA) is 66.3 Å². The van der Waals surface area contributed by atoms with Crippen molar-refractivity contribution >= 4 is 23.2 Å². The normalized spacial score (nSPS) is 16.2. The van der Waals surface area contributed by atoms with Crippen LogP contribution in [0.3, 0.4) is 0 Å². The van der Waals surface area contributed by atoms with Crippen LogP contribution in [-0.4, -0.2) is 21.0 Å². The van der Waals surface area contributed by atoms with Crippen LogP contribution in [-0.2, 0) is 12.1 Å². The van der Waals surface area contributed by atoms with Crippen molar-refractivity contribution in [1.82, 2.24) is 9.97 Å². The summed E-state index contributed by atoms with van der Waals surface area (Å²) < 4.78 is 0. The van der Waals surface area contributed by atoms with Gasteiger partial charge in [-0.15, -0.1) is 0 Å². The summed E-state index contributed by atoms with van der Waals surface area (Å²) in [7, 11) is 0. The van der Waals surface area contributed by atoms with Crippen molar-refractivity contribution in [1.29, 1.82) is 0 Å². The molecule has 0 radical (unpaired) electrons. The molecule has 5 nitrogen and oxygen atoms in total. The van der Waals surface area contributed by atoms with Crippen LogP contribution in [0.25, 0.3) is 0 Å². The molecule has 3 rings (SSSR count). The summed E-state index contributed by atoms with van der Waals surface area (Å²) in [6.07, 6.45) is 3.17. The molecule has 0 atom stereocenters. The summed E-state index contributed by atoms with van der Waals surface area (Å²) in [6, 6.07) is 5.05. The number of pyridine rings is 2. The molecule has 1 amide bonds. The zero-order chi connectivity index (χ0) is 15.2. The first-order valence-electron chi connectivity index (χ1n) is 6.51. The van der Waals surface area contributed by atoms with Gasteiger partial charge in [-0.05, 0) is 37.6 Å². The number of amides is 1. The van der Waals surface area contributed by atoms with Crippen LogP contribution in [0, 0.1) is 0 Å². The van der Waals surface area contributed by atoms with Gasteiger partial charge in [0.05, 0.1) is 35.3 Å². The first-order valence-corrected chi connectivity index (χ1v) is 6.89. The van der Waals surface area contributed by atoms with Gasteiger partial charge >= 0.3 is 0 Å². The number of hydrogen-bond acceptors (Lipinski definition) is 4. The molecule has 0 bridgehead atoms. The zero-order valence-corrected chi connectivity index (χ0v) is 12.4. The fourth-order valence-corrected chi connectivity index (χ4v) is 2.82. The molecular formula is C15H14ClN3O2. The average Bonchev–Trinajstić information content (AvgIpc) is 2.66. The van der Waals surface area contributed by atoms with E-state index in [1.807, 2.05) is 13.8 Å². The molecule has 0 saturated carbocycles. The Morgan fingerprint density at radius 3 is 2.81 bits per heavy atom. The highest BCUT2D eigenvalue weighted by Gasteiger charge is 2.45. The van der Waals surface area contributed by atoms with Gasteiger partial charge < -0.3 is 5.11 Å². The minimum absolute atomic E-state index is 0.125. The quantitative estimate of drug-likeness (QED) is 0.866. The van der Waals surface area contributed by atoms with Gasteiger partial charge in [0, 0.05) is 6.20 Å². The van der Waals surface area contributed by atoms with Crippen LogP contribution in [0.4, 0.5) is 5.69 Å². The Labute approximate surface area is 127 Å². The third-order valence-electron chi connectivity index (χ3n) is 3.65. The summed E-state index contributed by atoms with van der Waals surface area (Å²) in [6.45, 7) is 3.69. The number of nitrogens with zero attached hydrogens (tertiary/aromatic N) is 3. The zero-order valence-electron chi connectivity index (χ0n) is 11.7. The van der Waals surface area contributed by atoms with Crippen LogP contribution in [0.1, 0.15) is 35.5 Å². The van der Waals surface area contributed by atoms with Crippen molar-refractivity contribution in [3.05, 3.63) is 52.6 Å². The van der Waals surface area contributed by atoms with E-state index in [-0.39, 0.29) is 12.5 Å². The first-order chi connectivity index (χ1) is 9.95. The molecule has 1 N–H and O–H groups in total. The van der Waals surface area contributed by atoms with E-state index in [9.17, 15) is 9.90 Å². The molecule has 1 aliphatic heterocycles. The highest BCUT2D eigenvalue weighted by molar-refractivity contribution is 6.29. The number of rotatable bonds is 2. The molecule has 0 aromatic carbocycles. The molecule has 6 heteroatoms. The van der Waals surface area contributed by atoms with Gasteiger partial charge in [0.2, 0.25) is 0 Å². The highest BCUT2D eigenvalue weighted by Crippen LogP contribution is 2.41. The number of carbonyl (C=O) groups is 1. The maximum Gasteiger partial charge on any atom is 0.261 e. The van der Waals surface area contributed by atoms with Crippen LogP contribution in [0.5, 0.6) is 0 Å². The molecule has 0 saturated heterocycles. The van der Waals surface area contributed by atoms with Crippen molar-refractivity contribution in [3.8, 4) is 0 Å². The van der Waals surface area contributed by atoms with E-state index in [0.717, 1.165) is 0 Å². The molecule has 0 aliphatic carbocycles. The van der Waals surface area contributed by atoms with E-state index in [4.69, 9.17) is 11.6 Å². The van der Waals surface area contributed by atoms with Crippen molar-refractivity contribution in [3.63, 3.8) is 0 Å². The van der Waals surface area contributed by atoms with E-state index >= 15 is 0 Å². The average molecular weight is 304 g/mol. The van der Waals surface area contributed by atoms with Crippen LogP contribution >= 0.6 is 11.6 Å². The molecule has 21 heavy (non-hydrogen) atoms. The molecule has 108 valence electrons. The van der Waals surface area contributed by atoms with Gasteiger partial charge in [-0.2, -0.15) is 0 Å². The molecular weight excluding hydrogens is 290 g/mol. The number of halogens is 1. The first kappa shape index (κ1) is 14.0. The van der Waals surface area contributed by atoms with E-state index in [1.54, 1.807) is 35.5 Å². The van der Waals surface area contributed by atoms with E-state index < -0.39 is 5.54 Å². The Morgan fingerprint density at radius 1 is 1.33 bits per heavy atom. The minimum atomic E-state index is -0.632. The number of anilines is 1. The van der Waals surface area contributed by atoms with Crippen LogP contribution in [0.15, 0.2) is 30.6 Å². The number of aliphatic hydroxyl groups is 1. The van der Waals surface area contributed by atoms with Gasteiger partial charge in [-0.3, -0.25) is 14.7 Å². The van der Waals surface area contributed by atoms with Crippen molar-refractivity contribution in [2.24, 2.45) is 0 Å². The van der Waals surface area contributed by atoms with Gasteiger partial charge in [0.15, 0.2) is 0 Å². The van der Waals surface area contributed by atoms with Crippen LogP contribution in [0.2, 0.25) is 5.15 Å². The largest absolute Gasteiger partial charge is 0.392 e. The maximum atomic E-state index is 12.7. The Bertz CT molecular complexity index is 731. The lowest BCUT2D eigenvalue weighted by atomic mass is 9.99. The summed E-state index contributed by atoms with van der Waals surface area (Å²) in [4.78, 5) is 22.7. The molecule has 1 aliphatic rings. The predicted molar refractivity (Wildman–Crippen MR) is 79.2 cm³/mol. The fraction of sp³-hybridized carbons (Fsp3) is 0.267.